The molecule has 3 aromatic carbocycles. The minimum Gasteiger partial charge on any atom is -0.487 e. The molecule has 1 aromatic heterocycles. The first kappa shape index (κ1) is 29.2. The fourth-order valence-corrected chi connectivity index (χ4v) is 4.29. The number of pyridine rings is 1. The number of hydrogen-bond donors (Lipinski definition) is 0. The molecule has 5 nitrogen and oxygen atoms in total. The van der Waals surface area contributed by atoms with E-state index in [0.717, 1.165) is 29.5 Å². The second-order valence-corrected chi connectivity index (χ2v) is 9.88. The van der Waals surface area contributed by atoms with E-state index in [1.165, 1.54) is 25.7 Å². The molecule has 0 bridgehead atoms. The highest BCUT2D eigenvalue weighted by atomic mass is 16.5. The van der Waals surface area contributed by atoms with Crippen molar-refractivity contribution in [3.05, 3.63) is 119 Å². The van der Waals surface area contributed by atoms with E-state index >= 15 is 0 Å². The summed E-state index contributed by atoms with van der Waals surface area (Å²) in [5.41, 5.74) is 3.95. The molecule has 4 rings (SSSR count). The van der Waals surface area contributed by atoms with Crippen LogP contribution >= 0.6 is 0 Å². The predicted octanol–water partition coefficient (Wildman–Crippen LogP) is 8.70. The summed E-state index contributed by atoms with van der Waals surface area (Å²) in [6.07, 6.45) is 7.16. The Balaban J connectivity index is 1.51. The van der Waals surface area contributed by atoms with Crippen molar-refractivity contribution < 1.29 is 18.9 Å². The molecule has 0 atom stereocenters. The summed E-state index contributed by atoms with van der Waals surface area (Å²) < 4.78 is 24.8. The third kappa shape index (κ3) is 10.0. The zero-order chi connectivity index (χ0) is 27.7. The third-order valence-corrected chi connectivity index (χ3v) is 6.56. The lowest BCUT2D eigenvalue weighted by molar-refractivity contribution is 0.100. The van der Waals surface area contributed by atoms with Gasteiger partial charge in [-0.25, -0.2) is 4.98 Å². The average Bonchev–Trinajstić information content (AvgIpc) is 3.01. The number of rotatable bonds is 18. The zero-order valence-electron chi connectivity index (χ0n) is 23.6. The molecular weight excluding hydrogens is 498 g/mol. The lowest BCUT2D eigenvalue weighted by atomic mass is 10.1. The molecule has 0 aliphatic rings. The Hall–Kier alpha value is -3.83. The first-order valence-corrected chi connectivity index (χ1v) is 14.4. The number of nitrogens with zero attached hydrogens (tertiary/aromatic N) is 1. The van der Waals surface area contributed by atoms with Crippen LogP contribution in [0.2, 0.25) is 0 Å². The van der Waals surface area contributed by atoms with Gasteiger partial charge in [-0.05, 0) is 23.1 Å². The standard InChI is InChI=1S/C35H41NO4/c1-2-3-4-5-6-16-23-38-35-34(40-27-31-21-14-9-15-22-31)24-33(39-26-30-19-12-8-13-20-30)32(36-35)28-37-25-29-17-10-7-11-18-29/h7-15,17-22,24H,2-6,16,23,25-28H2,1H3. The van der Waals surface area contributed by atoms with E-state index in [1.54, 1.807) is 0 Å². The molecule has 5 heteroatoms. The van der Waals surface area contributed by atoms with E-state index < -0.39 is 0 Å². The Morgan fingerprint density at radius 3 is 1.65 bits per heavy atom. The molecule has 40 heavy (non-hydrogen) atoms. The third-order valence-electron chi connectivity index (χ3n) is 6.56. The van der Waals surface area contributed by atoms with E-state index in [-0.39, 0.29) is 0 Å². The lowest BCUT2D eigenvalue weighted by Gasteiger charge is -2.17. The van der Waals surface area contributed by atoms with Crippen LogP contribution in [0.25, 0.3) is 0 Å². The van der Waals surface area contributed by atoms with E-state index in [0.29, 0.717) is 56.1 Å². The zero-order valence-corrected chi connectivity index (χ0v) is 23.6. The maximum atomic E-state index is 6.28. The fraction of sp³-hybridized carbons (Fsp3) is 0.343. The molecule has 0 saturated heterocycles. The predicted molar refractivity (Wildman–Crippen MR) is 160 cm³/mol. The van der Waals surface area contributed by atoms with Gasteiger partial charge in [-0.3, -0.25) is 0 Å². The summed E-state index contributed by atoms with van der Waals surface area (Å²) in [5.74, 6) is 1.69. The first-order valence-electron chi connectivity index (χ1n) is 14.4. The molecule has 210 valence electrons. The van der Waals surface area contributed by atoms with Crippen LogP contribution < -0.4 is 14.2 Å². The van der Waals surface area contributed by atoms with Gasteiger partial charge in [0.1, 0.15) is 24.7 Å². The van der Waals surface area contributed by atoms with Crippen molar-refractivity contribution in [2.24, 2.45) is 0 Å². The maximum absolute atomic E-state index is 6.28. The van der Waals surface area contributed by atoms with Crippen molar-refractivity contribution >= 4 is 0 Å². The van der Waals surface area contributed by atoms with Crippen molar-refractivity contribution in [2.75, 3.05) is 6.61 Å². The molecule has 0 amide bonds. The van der Waals surface area contributed by atoms with Crippen LogP contribution in [0.3, 0.4) is 0 Å². The molecule has 0 aliphatic heterocycles. The minimum atomic E-state index is 0.297. The fourth-order valence-electron chi connectivity index (χ4n) is 4.29. The van der Waals surface area contributed by atoms with Crippen LogP contribution in [0.5, 0.6) is 17.4 Å². The van der Waals surface area contributed by atoms with Crippen molar-refractivity contribution in [3.8, 4) is 17.4 Å². The van der Waals surface area contributed by atoms with Crippen LogP contribution in [0.15, 0.2) is 97.1 Å². The van der Waals surface area contributed by atoms with E-state index in [2.05, 4.69) is 19.1 Å². The Morgan fingerprint density at radius 2 is 1.05 bits per heavy atom. The van der Waals surface area contributed by atoms with Crippen molar-refractivity contribution in [1.29, 1.82) is 0 Å². The van der Waals surface area contributed by atoms with Crippen molar-refractivity contribution in [2.45, 2.75) is 71.9 Å². The summed E-state index contributed by atoms with van der Waals surface area (Å²) in [7, 11) is 0. The van der Waals surface area contributed by atoms with E-state index in [1.807, 2.05) is 84.9 Å². The quantitative estimate of drug-likeness (QED) is 0.118. The van der Waals surface area contributed by atoms with E-state index in [9.17, 15) is 0 Å². The average molecular weight is 540 g/mol. The molecule has 0 unspecified atom stereocenters. The molecular formula is C35H41NO4. The highest BCUT2D eigenvalue weighted by Gasteiger charge is 2.17. The van der Waals surface area contributed by atoms with Gasteiger partial charge in [-0.15, -0.1) is 0 Å². The second kappa shape index (κ2) is 17.0. The van der Waals surface area contributed by atoms with Crippen LogP contribution in [0, 0.1) is 0 Å². The number of unbranched alkanes of at least 4 members (excludes halogenated alkanes) is 5. The normalized spacial score (nSPS) is 10.8. The molecule has 1 heterocycles. The molecule has 4 aromatic rings. The van der Waals surface area contributed by atoms with Gasteiger partial charge in [-0.2, -0.15) is 0 Å². The Morgan fingerprint density at radius 1 is 0.525 bits per heavy atom. The topological polar surface area (TPSA) is 49.8 Å². The monoisotopic (exact) mass is 539 g/mol. The van der Waals surface area contributed by atoms with Gasteiger partial charge in [0, 0.05) is 6.07 Å². The number of ether oxygens (including phenoxy) is 4. The summed E-state index contributed by atoms with van der Waals surface area (Å²) in [6.45, 7) is 4.45. The van der Waals surface area contributed by atoms with E-state index in [4.69, 9.17) is 23.9 Å². The van der Waals surface area contributed by atoms with Crippen molar-refractivity contribution in [3.63, 3.8) is 0 Å². The highest BCUT2D eigenvalue weighted by molar-refractivity contribution is 5.44. The molecule has 0 saturated carbocycles. The van der Waals surface area contributed by atoms with Crippen LogP contribution in [0.1, 0.15) is 67.8 Å². The number of hydrogen-bond acceptors (Lipinski definition) is 5. The molecule has 0 aliphatic carbocycles. The van der Waals surface area contributed by atoms with Gasteiger partial charge in [0.05, 0.1) is 19.8 Å². The molecule has 0 N–H and O–H groups in total. The summed E-state index contributed by atoms with van der Waals surface area (Å²) in [4.78, 5) is 4.88. The summed E-state index contributed by atoms with van der Waals surface area (Å²) in [5, 5.41) is 0. The van der Waals surface area contributed by atoms with Gasteiger partial charge in [0.2, 0.25) is 0 Å². The van der Waals surface area contributed by atoms with Gasteiger partial charge >= 0.3 is 0 Å². The molecule has 0 radical (unpaired) electrons. The van der Waals surface area contributed by atoms with Gasteiger partial charge in [-0.1, -0.05) is 130 Å². The first-order chi connectivity index (χ1) is 19.8. The van der Waals surface area contributed by atoms with Gasteiger partial charge in [0.25, 0.3) is 5.88 Å². The van der Waals surface area contributed by atoms with Crippen molar-refractivity contribution in [1.82, 2.24) is 4.98 Å². The smallest absolute Gasteiger partial charge is 0.257 e. The Kier molecular flexibility index (Phi) is 12.4. The minimum absolute atomic E-state index is 0.297. The van der Waals surface area contributed by atoms with Gasteiger partial charge in [0.15, 0.2) is 5.75 Å². The number of aromatic nitrogens is 1. The van der Waals surface area contributed by atoms with Crippen LogP contribution in [0.4, 0.5) is 0 Å². The number of benzene rings is 3. The lowest BCUT2D eigenvalue weighted by Crippen LogP contribution is -2.08. The SMILES string of the molecule is CCCCCCCCOc1nc(COCc2ccccc2)c(OCc2ccccc2)cc1OCc1ccccc1. The van der Waals surface area contributed by atoms with Crippen LogP contribution in [-0.4, -0.2) is 11.6 Å². The summed E-state index contributed by atoms with van der Waals surface area (Å²) >= 11 is 0. The van der Waals surface area contributed by atoms with Crippen LogP contribution in [-0.2, 0) is 31.2 Å². The Bertz CT molecular complexity index is 1230. The van der Waals surface area contributed by atoms with Gasteiger partial charge < -0.3 is 18.9 Å². The summed E-state index contributed by atoms with van der Waals surface area (Å²) in [6, 6.07) is 32.2. The Labute approximate surface area is 239 Å². The highest BCUT2D eigenvalue weighted by Crippen LogP contribution is 2.34. The second-order valence-electron chi connectivity index (χ2n) is 9.88. The maximum Gasteiger partial charge on any atom is 0.257 e. The molecule has 0 spiro atoms. The largest absolute Gasteiger partial charge is 0.487 e. The molecule has 0 fully saturated rings.